The highest BCUT2D eigenvalue weighted by atomic mass is 16.5. The molecule has 208 valence electrons. The van der Waals surface area contributed by atoms with Crippen molar-refractivity contribution in [2.75, 3.05) is 23.9 Å². The Morgan fingerprint density at radius 3 is 1.22 bits per heavy atom. The molecule has 2 amide bonds. The maximum Gasteiger partial charge on any atom is 0.332 e. The molecule has 0 aromatic heterocycles. The van der Waals surface area contributed by atoms with Crippen molar-refractivity contribution in [1.29, 1.82) is 0 Å². The van der Waals surface area contributed by atoms with Crippen molar-refractivity contribution in [3.8, 4) is 11.5 Å². The maximum atomic E-state index is 13.2. The van der Waals surface area contributed by atoms with Gasteiger partial charge < -0.3 is 24.7 Å². The van der Waals surface area contributed by atoms with Crippen LogP contribution < -0.4 is 14.5 Å². The Hall–Kier alpha value is -4.92. The van der Waals surface area contributed by atoms with E-state index in [1.54, 1.807) is 62.6 Å². The van der Waals surface area contributed by atoms with E-state index in [2.05, 4.69) is 0 Å². The molecule has 2 N–H and O–H groups in total. The highest BCUT2D eigenvalue weighted by Gasteiger charge is 2.43. The number of carboxylic acids is 2. The van der Waals surface area contributed by atoms with Crippen LogP contribution in [0, 0.1) is 23.7 Å². The van der Waals surface area contributed by atoms with Crippen LogP contribution in [-0.4, -0.2) is 48.1 Å². The average Bonchev–Trinajstić information content (AvgIpc) is 3.77. The summed E-state index contributed by atoms with van der Waals surface area (Å²) in [6.45, 7) is 0. The molecule has 4 aliphatic carbocycles. The Bertz CT molecular complexity index is 1480. The predicted molar refractivity (Wildman–Crippen MR) is 151 cm³/mol. The number of hydrogen-bond acceptors (Lipinski definition) is 5. The van der Waals surface area contributed by atoms with Gasteiger partial charge in [-0.25, -0.2) is 9.59 Å². The molecule has 2 aromatic carbocycles. The van der Waals surface area contributed by atoms with Crippen LogP contribution in [0.1, 0.15) is 12.8 Å². The molecule has 0 radical (unpaired) electrons. The number of fused-ring (bicyclic) bond motifs is 4. The number of likely N-dealkylation sites (N-methyl/N-ethyl adjacent to an activating group) is 2. The quantitative estimate of drug-likeness (QED) is 0.460. The van der Waals surface area contributed by atoms with Gasteiger partial charge in [0.15, 0.2) is 0 Å². The fourth-order valence-electron chi connectivity index (χ4n) is 6.36. The Balaban J connectivity index is 1.12. The Morgan fingerprint density at radius 1 is 0.585 bits per heavy atom. The number of allylic oxidation sites excluding steroid dienone is 4. The van der Waals surface area contributed by atoms with Gasteiger partial charge in [-0.2, -0.15) is 0 Å². The monoisotopic (exact) mass is 552 g/mol. The molecule has 6 rings (SSSR count). The molecular weight excluding hydrogens is 524 g/mol. The summed E-state index contributed by atoms with van der Waals surface area (Å²) in [5, 5.41) is 19.3. The Kier molecular flexibility index (Phi) is 6.37. The normalized spacial score (nSPS) is 23.4. The zero-order chi connectivity index (χ0) is 29.0. The SMILES string of the molecule is CN(C(=O)C1=C(C(=O)O)C2C=CC1C2)c1ccc(Oc2ccc(N(C)C(=O)C3=C(C(=O)O)C4C=CC3C4)cc2)cc1. The summed E-state index contributed by atoms with van der Waals surface area (Å²) >= 11 is 0. The van der Waals surface area contributed by atoms with E-state index in [9.17, 15) is 29.4 Å². The van der Waals surface area contributed by atoms with Crippen molar-refractivity contribution >= 4 is 35.1 Å². The Labute approximate surface area is 236 Å². The first-order valence-corrected chi connectivity index (χ1v) is 13.4. The van der Waals surface area contributed by atoms with E-state index < -0.39 is 11.9 Å². The lowest BCUT2D eigenvalue weighted by Gasteiger charge is -2.22. The molecule has 4 aliphatic rings. The van der Waals surface area contributed by atoms with Gasteiger partial charge in [-0.15, -0.1) is 0 Å². The van der Waals surface area contributed by atoms with Gasteiger partial charge in [-0.05, 0) is 61.4 Å². The molecule has 0 spiro atoms. The summed E-state index contributed by atoms with van der Waals surface area (Å²) in [5.41, 5.74) is 2.29. The minimum absolute atomic E-state index is 0.165. The summed E-state index contributed by atoms with van der Waals surface area (Å²) in [7, 11) is 3.25. The van der Waals surface area contributed by atoms with Gasteiger partial charge in [0, 0.05) is 60.3 Å². The number of aliphatic carboxylic acids is 2. The summed E-state index contributed by atoms with van der Waals surface area (Å²) in [4.78, 5) is 52.9. The van der Waals surface area contributed by atoms with E-state index in [0.717, 1.165) is 0 Å². The van der Waals surface area contributed by atoms with Crippen LogP contribution >= 0.6 is 0 Å². The van der Waals surface area contributed by atoms with Crippen molar-refractivity contribution in [3.63, 3.8) is 0 Å². The van der Waals surface area contributed by atoms with Crippen LogP contribution in [0.5, 0.6) is 11.5 Å². The maximum absolute atomic E-state index is 13.2. The lowest BCUT2D eigenvalue weighted by molar-refractivity contribution is -0.134. The van der Waals surface area contributed by atoms with Crippen LogP contribution in [-0.2, 0) is 19.2 Å². The van der Waals surface area contributed by atoms with Gasteiger partial charge in [0.1, 0.15) is 11.5 Å². The van der Waals surface area contributed by atoms with Gasteiger partial charge in [-0.3, -0.25) is 9.59 Å². The molecule has 9 heteroatoms. The summed E-state index contributed by atoms with van der Waals surface area (Å²) in [6, 6.07) is 13.8. The van der Waals surface area contributed by atoms with Crippen LogP contribution in [0.3, 0.4) is 0 Å². The largest absolute Gasteiger partial charge is 0.478 e. The topological polar surface area (TPSA) is 124 Å². The van der Waals surface area contributed by atoms with Crippen molar-refractivity contribution in [1.82, 2.24) is 0 Å². The van der Waals surface area contributed by atoms with E-state index in [1.165, 1.54) is 9.80 Å². The second kappa shape index (κ2) is 9.92. The van der Waals surface area contributed by atoms with E-state index >= 15 is 0 Å². The smallest absolute Gasteiger partial charge is 0.332 e. The van der Waals surface area contributed by atoms with Gasteiger partial charge in [0.2, 0.25) is 0 Å². The summed E-state index contributed by atoms with van der Waals surface area (Å²) in [6.07, 6.45) is 8.81. The third-order valence-electron chi connectivity index (χ3n) is 8.45. The average molecular weight is 553 g/mol. The predicted octanol–water partition coefficient (Wildman–Crippen LogP) is 4.58. The first-order chi connectivity index (χ1) is 19.6. The second-order valence-corrected chi connectivity index (χ2v) is 10.8. The highest BCUT2D eigenvalue weighted by Crippen LogP contribution is 2.46. The van der Waals surface area contributed by atoms with E-state index in [0.29, 0.717) is 46.9 Å². The zero-order valence-corrected chi connectivity index (χ0v) is 22.5. The Morgan fingerprint density at radius 2 is 0.902 bits per heavy atom. The van der Waals surface area contributed by atoms with Gasteiger partial charge in [0.05, 0.1) is 11.1 Å². The van der Waals surface area contributed by atoms with Crippen LogP contribution in [0.2, 0.25) is 0 Å². The summed E-state index contributed by atoms with van der Waals surface area (Å²) < 4.78 is 5.95. The molecule has 41 heavy (non-hydrogen) atoms. The highest BCUT2D eigenvalue weighted by molar-refractivity contribution is 6.12. The summed E-state index contributed by atoms with van der Waals surface area (Å²) in [5.74, 6) is -2.43. The molecule has 4 unspecified atom stereocenters. The van der Waals surface area contributed by atoms with Crippen molar-refractivity contribution in [2.45, 2.75) is 12.8 Å². The molecule has 2 aromatic rings. The number of amides is 2. The van der Waals surface area contributed by atoms with Crippen molar-refractivity contribution < 1.29 is 34.1 Å². The van der Waals surface area contributed by atoms with Crippen molar-refractivity contribution in [3.05, 3.63) is 95.1 Å². The lowest BCUT2D eigenvalue weighted by Crippen LogP contribution is -2.31. The minimum atomic E-state index is -1.05. The van der Waals surface area contributed by atoms with Gasteiger partial charge in [0.25, 0.3) is 11.8 Å². The molecule has 9 nitrogen and oxygen atoms in total. The van der Waals surface area contributed by atoms with E-state index in [1.807, 2.05) is 24.3 Å². The number of rotatable bonds is 8. The van der Waals surface area contributed by atoms with Crippen molar-refractivity contribution in [2.24, 2.45) is 23.7 Å². The molecule has 0 fully saturated rings. The molecule has 0 aliphatic heterocycles. The lowest BCUT2D eigenvalue weighted by atomic mass is 9.96. The van der Waals surface area contributed by atoms with Crippen LogP contribution in [0.15, 0.2) is 95.1 Å². The third kappa shape index (κ3) is 4.43. The molecule has 4 bridgehead atoms. The standard InChI is InChI=1S/C32H28N2O7/c1-33(29(35)25-17-3-5-19(15-17)27(25)31(37)38)21-7-11-23(12-8-21)41-24-13-9-22(10-14-24)34(2)30(36)26-18-4-6-20(16-18)28(26)32(39)40/h3-14,17-20H,15-16H2,1-2H3,(H,37,38)(H,39,40). The molecule has 0 saturated carbocycles. The van der Waals surface area contributed by atoms with Gasteiger partial charge in [-0.1, -0.05) is 24.3 Å². The number of hydrogen-bond donors (Lipinski definition) is 2. The first-order valence-electron chi connectivity index (χ1n) is 13.4. The fourth-order valence-corrected chi connectivity index (χ4v) is 6.36. The number of carboxylic acid groups (broad SMARTS) is 2. The van der Waals surface area contributed by atoms with Crippen LogP contribution in [0.4, 0.5) is 11.4 Å². The van der Waals surface area contributed by atoms with Crippen LogP contribution in [0.25, 0.3) is 0 Å². The number of carbonyl (C=O) groups is 4. The minimum Gasteiger partial charge on any atom is -0.478 e. The zero-order valence-electron chi connectivity index (χ0n) is 22.5. The third-order valence-corrected chi connectivity index (χ3v) is 8.45. The molecule has 0 heterocycles. The number of ether oxygens (including phenoxy) is 1. The molecule has 0 saturated heterocycles. The second-order valence-electron chi connectivity index (χ2n) is 10.8. The first kappa shape index (κ1) is 26.3. The van der Waals surface area contributed by atoms with E-state index in [-0.39, 0.29) is 46.6 Å². The molecule has 4 atom stereocenters. The molecular formula is C32H28N2O7. The number of carbonyl (C=O) groups excluding carboxylic acids is 2. The number of anilines is 2. The fraction of sp³-hybridized carbons (Fsp3) is 0.250. The van der Waals surface area contributed by atoms with Gasteiger partial charge >= 0.3 is 11.9 Å². The van der Waals surface area contributed by atoms with E-state index in [4.69, 9.17) is 4.74 Å². The number of benzene rings is 2. The number of nitrogens with zero attached hydrogens (tertiary/aromatic N) is 2.